The molecule has 25 heavy (non-hydrogen) atoms. The summed E-state index contributed by atoms with van der Waals surface area (Å²) in [6.45, 7) is 2.23. The fourth-order valence-electron chi connectivity index (χ4n) is 3.83. The first kappa shape index (κ1) is 16.2. The van der Waals surface area contributed by atoms with Crippen LogP contribution >= 0.6 is 0 Å². The van der Waals surface area contributed by atoms with Crippen LogP contribution in [0.5, 0.6) is 0 Å². The molecule has 2 heterocycles. The fourth-order valence-corrected chi connectivity index (χ4v) is 3.83. The van der Waals surface area contributed by atoms with Crippen LogP contribution in [-0.4, -0.2) is 28.8 Å². The van der Waals surface area contributed by atoms with Gasteiger partial charge in [-0.1, -0.05) is 18.9 Å². The van der Waals surface area contributed by atoms with Crippen molar-refractivity contribution in [3.8, 4) is 0 Å². The van der Waals surface area contributed by atoms with Gasteiger partial charge in [0.2, 0.25) is 5.91 Å². The van der Waals surface area contributed by atoms with E-state index in [0.29, 0.717) is 5.92 Å². The smallest absolute Gasteiger partial charge is 0.228 e. The average Bonchev–Trinajstić information content (AvgIpc) is 3.36. The van der Waals surface area contributed by atoms with Crippen molar-refractivity contribution in [3.63, 3.8) is 0 Å². The summed E-state index contributed by atoms with van der Waals surface area (Å²) >= 11 is 0. The Balaban J connectivity index is 1.39. The molecule has 1 amide bonds. The van der Waals surface area contributed by atoms with Crippen molar-refractivity contribution in [2.75, 3.05) is 23.3 Å². The van der Waals surface area contributed by atoms with Gasteiger partial charge in [0.25, 0.3) is 0 Å². The maximum absolute atomic E-state index is 12.6. The van der Waals surface area contributed by atoms with Crippen LogP contribution < -0.4 is 10.2 Å². The van der Waals surface area contributed by atoms with Crippen molar-refractivity contribution in [1.29, 1.82) is 0 Å². The van der Waals surface area contributed by atoms with Gasteiger partial charge in [0.05, 0.1) is 6.20 Å². The number of amides is 1. The largest absolute Gasteiger partial charge is 0.371 e. The quantitative estimate of drug-likeness (QED) is 0.927. The maximum Gasteiger partial charge on any atom is 0.228 e. The second-order valence-corrected chi connectivity index (χ2v) is 7.34. The number of nitrogens with one attached hydrogen (secondary N) is 1. The zero-order valence-electron chi connectivity index (χ0n) is 14.8. The van der Waals surface area contributed by atoms with Gasteiger partial charge >= 0.3 is 0 Å². The first-order valence-electron chi connectivity index (χ1n) is 9.35. The minimum absolute atomic E-state index is 0.0750. The van der Waals surface area contributed by atoms with Crippen LogP contribution in [0.2, 0.25) is 0 Å². The molecule has 1 N–H and O–H groups in total. The highest BCUT2D eigenvalue weighted by molar-refractivity contribution is 5.95. The second kappa shape index (κ2) is 6.90. The highest BCUT2D eigenvalue weighted by Crippen LogP contribution is 2.47. The molecule has 4 rings (SSSR count). The molecule has 0 spiro atoms. The van der Waals surface area contributed by atoms with E-state index in [4.69, 9.17) is 0 Å². The van der Waals surface area contributed by atoms with Crippen LogP contribution in [0.4, 0.5) is 11.4 Å². The highest BCUT2D eigenvalue weighted by Gasteiger charge is 2.44. The number of hydrogen-bond donors (Lipinski definition) is 1. The molecule has 132 valence electrons. The van der Waals surface area contributed by atoms with E-state index in [-0.39, 0.29) is 11.8 Å². The summed E-state index contributed by atoms with van der Waals surface area (Å²) in [5.74, 6) is 0.524. The Morgan fingerprint density at radius 1 is 1.20 bits per heavy atom. The van der Waals surface area contributed by atoms with Gasteiger partial charge in [-0.3, -0.25) is 9.48 Å². The number of aryl methyl sites for hydroxylation is 1. The third-order valence-corrected chi connectivity index (χ3v) is 5.37. The molecule has 1 aromatic heterocycles. The lowest BCUT2D eigenvalue weighted by Crippen LogP contribution is -2.24. The second-order valence-electron chi connectivity index (χ2n) is 7.34. The molecular formula is C20H26N4O. The number of hydrogen-bond acceptors (Lipinski definition) is 3. The van der Waals surface area contributed by atoms with Crippen molar-refractivity contribution < 1.29 is 4.79 Å². The summed E-state index contributed by atoms with van der Waals surface area (Å²) in [5, 5.41) is 7.32. The SMILES string of the molecule is Cn1cc([C@H]2C[C@@H]2C(=O)Nc2cccc(N3CCCCCC3)c2)cn1. The summed E-state index contributed by atoms with van der Waals surface area (Å²) in [6.07, 6.45) is 9.96. The van der Waals surface area contributed by atoms with E-state index in [0.717, 1.165) is 25.2 Å². The normalized spacial score (nSPS) is 23.2. The number of benzene rings is 1. The van der Waals surface area contributed by atoms with Crippen molar-refractivity contribution in [1.82, 2.24) is 9.78 Å². The Morgan fingerprint density at radius 3 is 2.72 bits per heavy atom. The minimum atomic E-state index is 0.0750. The molecule has 1 saturated heterocycles. The van der Waals surface area contributed by atoms with E-state index in [1.807, 2.05) is 31.6 Å². The van der Waals surface area contributed by atoms with Gasteiger partial charge in [-0.15, -0.1) is 0 Å². The van der Waals surface area contributed by atoms with Crippen LogP contribution in [0, 0.1) is 5.92 Å². The lowest BCUT2D eigenvalue weighted by molar-refractivity contribution is -0.117. The maximum atomic E-state index is 12.6. The van der Waals surface area contributed by atoms with Gasteiger partial charge in [0.15, 0.2) is 0 Å². The summed E-state index contributed by atoms with van der Waals surface area (Å²) in [4.78, 5) is 15.0. The van der Waals surface area contributed by atoms with Crippen LogP contribution in [0.1, 0.15) is 43.6 Å². The van der Waals surface area contributed by atoms with Crippen molar-refractivity contribution in [2.45, 2.75) is 38.0 Å². The predicted octanol–water partition coefficient (Wildman–Crippen LogP) is 3.54. The first-order chi connectivity index (χ1) is 12.2. The summed E-state index contributed by atoms with van der Waals surface area (Å²) in [5.41, 5.74) is 3.30. The van der Waals surface area contributed by atoms with Crippen LogP contribution in [0.25, 0.3) is 0 Å². The molecular weight excluding hydrogens is 312 g/mol. The minimum Gasteiger partial charge on any atom is -0.371 e. The molecule has 1 aromatic carbocycles. The summed E-state index contributed by atoms with van der Waals surface area (Å²) < 4.78 is 1.80. The van der Waals surface area contributed by atoms with Crippen LogP contribution in [-0.2, 0) is 11.8 Å². The first-order valence-corrected chi connectivity index (χ1v) is 9.35. The molecule has 5 nitrogen and oxygen atoms in total. The monoisotopic (exact) mass is 338 g/mol. The lowest BCUT2D eigenvalue weighted by atomic mass is 10.2. The molecule has 1 aliphatic carbocycles. The van der Waals surface area contributed by atoms with Gasteiger partial charge < -0.3 is 10.2 Å². The third-order valence-electron chi connectivity index (χ3n) is 5.37. The van der Waals surface area contributed by atoms with Crippen LogP contribution in [0.3, 0.4) is 0 Å². The van der Waals surface area contributed by atoms with Gasteiger partial charge in [-0.05, 0) is 48.9 Å². The van der Waals surface area contributed by atoms with Crippen molar-refractivity contribution in [2.24, 2.45) is 13.0 Å². The van der Waals surface area contributed by atoms with Crippen molar-refractivity contribution in [3.05, 3.63) is 42.2 Å². The zero-order chi connectivity index (χ0) is 17.2. The Morgan fingerprint density at radius 2 is 2.00 bits per heavy atom. The molecule has 2 aliphatic rings. The van der Waals surface area contributed by atoms with E-state index in [1.165, 1.54) is 36.9 Å². The van der Waals surface area contributed by atoms with Gasteiger partial charge in [-0.25, -0.2) is 0 Å². The highest BCUT2D eigenvalue weighted by atomic mass is 16.2. The van der Waals surface area contributed by atoms with Gasteiger partial charge in [0.1, 0.15) is 0 Å². The molecule has 2 aromatic rings. The molecule has 0 unspecified atom stereocenters. The molecule has 2 atom stereocenters. The number of carbonyl (C=O) groups excluding carboxylic acids is 1. The average molecular weight is 338 g/mol. The van der Waals surface area contributed by atoms with Gasteiger partial charge in [-0.2, -0.15) is 5.10 Å². The Bertz CT molecular complexity index is 746. The molecule has 0 bridgehead atoms. The Kier molecular flexibility index (Phi) is 4.47. The number of carbonyl (C=O) groups is 1. The standard InChI is InChI=1S/C20H26N4O/c1-23-14-15(13-21-23)18-12-19(18)20(25)22-16-7-6-8-17(11-16)24-9-4-2-3-5-10-24/h6-8,11,13-14,18-19H,2-5,9-10,12H2,1H3,(H,22,25)/t18-,19+/m1/s1. The number of anilines is 2. The molecule has 2 fully saturated rings. The van der Waals surface area contributed by atoms with Gasteiger partial charge in [0, 0.05) is 43.6 Å². The van der Waals surface area contributed by atoms with Crippen molar-refractivity contribution >= 4 is 17.3 Å². The van der Waals surface area contributed by atoms with E-state index in [9.17, 15) is 4.79 Å². The molecule has 0 radical (unpaired) electrons. The van der Waals surface area contributed by atoms with E-state index in [1.54, 1.807) is 4.68 Å². The van der Waals surface area contributed by atoms with Crippen LogP contribution in [0.15, 0.2) is 36.7 Å². The number of aromatic nitrogens is 2. The Hall–Kier alpha value is -2.30. The summed E-state index contributed by atoms with van der Waals surface area (Å²) in [7, 11) is 1.91. The third kappa shape index (κ3) is 3.70. The number of nitrogens with zero attached hydrogens (tertiary/aromatic N) is 3. The molecule has 5 heteroatoms. The molecule has 1 saturated carbocycles. The molecule has 1 aliphatic heterocycles. The zero-order valence-corrected chi connectivity index (χ0v) is 14.8. The number of rotatable bonds is 4. The fraction of sp³-hybridized carbons (Fsp3) is 0.500. The topological polar surface area (TPSA) is 50.2 Å². The summed E-state index contributed by atoms with van der Waals surface area (Å²) in [6, 6.07) is 8.29. The Labute approximate surface area is 149 Å². The van der Waals surface area contributed by atoms with E-state index >= 15 is 0 Å². The predicted molar refractivity (Wildman–Crippen MR) is 99.8 cm³/mol. The lowest BCUT2D eigenvalue weighted by Gasteiger charge is -2.23. The van der Waals surface area contributed by atoms with E-state index in [2.05, 4.69) is 27.4 Å². The van der Waals surface area contributed by atoms with E-state index < -0.39 is 0 Å².